The summed E-state index contributed by atoms with van der Waals surface area (Å²) < 4.78 is 1.41. The van der Waals surface area contributed by atoms with E-state index in [1.807, 2.05) is 0 Å². The van der Waals surface area contributed by atoms with Crippen LogP contribution in [0.15, 0.2) is 54.6 Å². The highest BCUT2D eigenvalue weighted by atomic mass is 127. The number of rotatable bonds is 1. The van der Waals surface area contributed by atoms with Crippen LogP contribution in [0.5, 0.6) is 0 Å². The molecule has 4 rings (SSSR count). The van der Waals surface area contributed by atoms with Crippen LogP contribution in [-0.4, -0.2) is 0 Å². The summed E-state index contributed by atoms with van der Waals surface area (Å²) in [4.78, 5) is 0. The number of halogens is 1. The van der Waals surface area contributed by atoms with Gasteiger partial charge < -0.3 is 0 Å². The normalized spacial score (nSPS) is 15.4. The smallest absolute Gasteiger partial charge is 0.0290 e. The Balaban J connectivity index is 2.17. The van der Waals surface area contributed by atoms with Gasteiger partial charge in [-0.25, -0.2) is 0 Å². The lowest BCUT2D eigenvalue weighted by Crippen LogP contribution is -1.97. The van der Waals surface area contributed by atoms with Crippen LogP contribution >= 0.6 is 22.6 Å². The first kappa shape index (κ1) is 13.3. The highest BCUT2D eigenvalue weighted by Crippen LogP contribution is 2.40. The molecule has 0 bridgehead atoms. The third-order valence-electron chi connectivity index (χ3n) is 4.48. The van der Waals surface area contributed by atoms with E-state index >= 15 is 0 Å². The van der Waals surface area contributed by atoms with E-state index in [1.165, 1.54) is 56.4 Å². The number of benzene rings is 3. The molecular weight excluding hydrogens is 367 g/mol. The Morgan fingerprint density at radius 1 is 0.714 bits per heavy atom. The molecular formula is C20H17I. The average Bonchev–Trinajstić information content (AvgIpc) is 2.56. The molecule has 0 saturated heterocycles. The van der Waals surface area contributed by atoms with Gasteiger partial charge in [0, 0.05) is 3.57 Å². The molecule has 0 saturated carbocycles. The zero-order valence-electron chi connectivity index (χ0n) is 11.9. The highest BCUT2D eigenvalue weighted by Gasteiger charge is 2.16. The molecule has 0 heterocycles. The van der Waals surface area contributed by atoms with Gasteiger partial charge in [-0.3, -0.25) is 0 Å². The van der Waals surface area contributed by atoms with Gasteiger partial charge in [0.25, 0.3) is 0 Å². The van der Waals surface area contributed by atoms with Gasteiger partial charge in [-0.1, -0.05) is 54.6 Å². The maximum atomic E-state index is 2.55. The van der Waals surface area contributed by atoms with Crippen molar-refractivity contribution in [3.63, 3.8) is 0 Å². The molecule has 0 nitrogen and oxygen atoms in total. The van der Waals surface area contributed by atoms with Gasteiger partial charge in [0.05, 0.1) is 0 Å². The molecule has 3 aromatic carbocycles. The van der Waals surface area contributed by atoms with Gasteiger partial charge in [0.15, 0.2) is 0 Å². The summed E-state index contributed by atoms with van der Waals surface area (Å²) in [7, 11) is 0. The molecule has 0 spiro atoms. The van der Waals surface area contributed by atoms with Gasteiger partial charge in [0.2, 0.25) is 0 Å². The molecule has 21 heavy (non-hydrogen) atoms. The largest absolute Gasteiger partial charge is 0.0807 e. The summed E-state index contributed by atoms with van der Waals surface area (Å²) in [5, 5.41) is 5.56. The van der Waals surface area contributed by atoms with E-state index in [0.29, 0.717) is 0 Å². The third kappa shape index (κ3) is 2.18. The molecule has 0 aliphatic heterocycles. The molecule has 1 aliphatic rings. The van der Waals surface area contributed by atoms with E-state index in [4.69, 9.17) is 0 Å². The lowest BCUT2D eigenvalue weighted by molar-refractivity contribution is 0.742. The summed E-state index contributed by atoms with van der Waals surface area (Å²) >= 11 is 2.55. The van der Waals surface area contributed by atoms with E-state index < -0.39 is 0 Å². The fourth-order valence-corrected chi connectivity index (χ4v) is 4.58. The Labute approximate surface area is 139 Å². The van der Waals surface area contributed by atoms with Crippen LogP contribution in [0.25, 0.3) is 27.1 Å². The van der Waals surface area contributed by atoms with Crippen LogP contribution in [0.4, 0.5) is 0 Å². The van der Waals surface area contributed by atoms with Crippen molar-refractivity contribution >= 4 is 49.7 Å². The topological polar surface area (TPSA) is 0 Å². The average molecular weight is 384 g/mol. The number of hydrogen-bond acceptors (Lipinski definition) is 0. The van der Waals surface area contributed by atoms with Crippen molar-refractivity contribution in [1.29, 1.82) is 0 Å². The van der Waals surface area contributed by atoms with Crippen LogP contribution < -0.4 is 0 Å². The minimum Gasteiger partial charge on any atom is -0.0807 e. The number of hydrogen-bond donors (Lipinski definition) is 0. The Bertz CT molecular complexity index is 858. The minimum atomic E-state index is 1.22. The summed E-state index contributed by atoms with van der Waals surface area (Å²) in [6.07, 6.45) is 7.57. The first-order valence-corrected chi connectivity index (χ1v) is 8.72. The predicted octanol–water partition coefficient (Wildman–Crippen LogP) is 6.56. The van der Waals surface area contributed by atoms with Crippen LogP contribution in [0.2, 0.25) is 0 Å². The zero-order valence-corrected chi connectivity index (χ0v) is 14.1. The molecule has 0 amide bonds. The molecule has 1 heteroatoms. The van der Waals surface area contributed by atoms with Crippen LogP contribution in [0.1, 0.15) is 31.2 Å². The van der Waals surface area contributed by atoms with E-state index in [2.05, 4.69) is 77.2 Å². The van der Waals surface area contributed by atoms with Crippen molar-refractivity contribution in [3.05, 3.63) is 63.7 Å². The summed E-state index contributed by atoms with van der Waals surface area (Å²) in [5.74, 6) is 0. The fourth-order valence-electron chi connectivity index (χ4n) is 3.48. The summed E-state index contributed by atoms with van der Waals surface area (Å²) in [6, 6.07) is 17.7. The third-order valence-corrected chi connectivity index (χ3v) is 5.60. The van der Waals surface area contributed by atoms with Crippen molar-refractivity contribution in [3.8, 4) is 0 Å². The van der Waals surface area contributed by atoms with Crippen LogP contribution in [-0.2, 0) is 0 Å². The van der Waals surface area contributed by atoms with Crippen molar-refractivity contribution in [2.24, 2.45) is 0 Å². The van der Waals surface area contributed by atoms with Gasteiger partial charge in [0.1, 0.15) is 0 Å². The summed E-state index contributed by atoms with van der Waals surface area (Å²) in [6.45, 7) is 0. The molecule has 0 atom stereocenters. The van der Waals surface area contributed by atoms with Gasteiger partial charge >= 0.3 is 0 Å². The molecule has 1 aliphatic carbocycles. The van der Waals surface area contributed by atoms with Gasteiger partial charge in [-0.2, -0.15) is 0 Å². The lowest BCUT2D eigenvalue weighted by atomic mass is 9.88. The number of fused-ring (bicyclic) bond motifs is 3. The maximum absolute atomic E-state index is 2.55. The Morgan fingerprint density at radius 2 is 1.33 bits per heavy atom. The molecule has 0 unspecified atom stereocenters. The van der Waals surface area contributed by atoms with Crippen LogP contribution in [0, 0.1) is 3.57 Å². The Hall–Kier alpha value is -1.35. The maximum Gasteiger partial charge on any atom is 0.0290 e. The fraction of sp³-hybridized carbons (Fsp3) is 0.200. The summed E-state index contributed by atoms with van der Waals surface area (Å²) in [5.41, 5.74) is 3.03. The zero-order chi connectivity index (χ0) is 14.2. The molecule has 3 aromatic rings. The second kappa shape index (κ2) is 5.45. The Morgan fingerprint density at radius 3 is 2.00 bits per heavy atom. The molecule has 0 fully saturated rings. The minimum absolute atomic E-state index is 1.22. The van der Waals surface area contributed by atoms with Crippen LogP contribution in [0.3, 0.4) is 0 Å². The highest BCUT2D eigenvalue weighted by molar-refractivity contribution is 14.1. The first-order chi connectivity index (χ1) is 10.4. The Kier molecular flexibility index (Phi) is 3.46. The SMILES string of the molecule is Ic1c(C2=CCCCC2)c2ccccc2c2ccccc12. The first-order valence-electron chi connectivity index (χ1n) is 7.64. The van der Waals surface area contributed by atoms with E-state index in [0.717, 1.165) is 0 Å². The molecule has 0 N–H and O–H groups in total. The second-order valence-corrected chi connectivity index (χ2v) is 6.83. The van der Waals surface area contributed by atoms with Gasteiger partial charge in [-0.05, 0) is 81.0 Å². The quantitative estimate of drug-likeness (QED) is 0.329. The van der Waals surface area contributed by atoms with E-state index in [-0.39, 0.29) is 0 Å². The standard InChI is InChI=1S/C20H17I/c21-20-18-13-7-5-11-16(18)15-10-4-6-12-17(15)19(20)14-8-2-1-3-9-14/h4-8,10-13H,1-3,9H2. The van der Waals surface area contributed by atoms with Gasteiger partial charge in [-0.15, -0.1) is 0 Å². The predicted molar refractivity (Wildman–Crippen MR) is 101 cm³/mol. The lowest BCUT2D eigenvalue weighted by Gasteiger charge is -2.19. The second-order valence-electron chi connectivity index (χ2n) is 5.76. The molecule has 0 aromatic heterocycles. The number of allylic oxidation sites excluding steroid dienone is 2. The van der Waals surface area contributed by atoms with Crippen molar-refractivity contribution in [1.82, 2.24) is 0 Å². The monoisotopic (exact) mass is 384 g/mol. The van der Waals surface area contributed by atoms with Crippen molar-refractivity contribution < 1.29 is 0 Å². The molecule has 104 valence electrons. The van der Waals surface area contributed by atoms with E-state index in [9.17, 15) is 0 Å². The molecule has 0 radical (unpaired) electrons. The van der Waals surface area contributed by atoms with Crippen molar-refractivity contribution in [2.45, 2.75) is 25.7 Å². The van der Waals surface area contributed by atoms with Crippen molar-refractivity contribution in [2.75, 3.05) is 0 Å². The van der Waals surface area contributed by atoms with E-state index in [1.54, 1.807) is 5.57 Å².